The molecule has 2 heteroatoms. The first-order valence-corrected chi connectivity index (χ1v) is 9.25. The Kier molecular flexibility index (Phi) is 5.79. The predicted octanol–water partition coefficient (Wildman–Crippen LogP) is 5.28. The van der Waals surface area contributed by atoms with Crippen molar-refractivity contribution < 1.29 is 0 Å². The van der Waals surface area contributed by atoms with Crippen molar-refractivity contribution in [2.75, 3.05) is 6.54 Å². The zero-order valence-corrected chi connectivity index (χ0v) is 15.1. The van der Waals surface area contributed by atoms with E-state index in [1.54, 1.807) is 0 Å². The largest absolute Gasteiger partial charge is 0.313 e. The molecule has 1 nitrogen and oxygen atoms in total. The summed E-state index contributed by atoms with van der Waals surface area (Å²) < 4.78 is 0. The number of thioether (sulfide) groups is 1. The van der Waals surface area contributed by atoms with E-state index in [9.17, 15) is 0 Å². The van der Waals surface area contributed by atoms with Crippen molar-refractivity contribution >= 4 is 11.8 Å². The lowest BCUT2D eigenvalue weighted by Gasteiger charge is -2.42. The highest BCUT2D eigenvalue weighted by Gasteiger charge is 2.35. The van der Waals surface area contributed by atoms with Crippen LogP contribution in [0.25, 0.3) is 0 Å². The van der Waals surface area contributed by atoms with E-state index >= 15 is 0 Å². The Hall–Kier alpha value is -0.470. The minimum absolute atomic E-state index is 0.433. The van der Waals surface area contributed by atoms with Gasteiger partial charge in [-0.1, -0.05) is 45.4 Å². The van der Waals surface area contributed by atoms with Gasteiger partial charge < -0.3 is 5.32 Å². The summed E-state index contributed by atoms with van der Waals surface area (Å²) in [5.41, 5.74) is 1.80. The van der Waals surface area contributed by atoms with E-state index in [-0.39, 0.29) is 0 Å². The van der Waals surface area contributed by atoms with Gasteiger partial charge in [0.05, 0.1) is 0 Å². The highest BCUT2D eigenvalue weighted by Crippen LogP contribution is 2.43. The van der Waals surface area contributed by atoms with Gasteiger partial charge in [-0.25, -0.2) is 0 Å². The number of nitrogens with one attached hydrogen (secondary N) is 1. The molecule has 0 spiro atoms. The monoisotopic (exact) mass is 305 g/mol. The summed E-state index contributed by atoms with van der Waals surface area (Å²) in [6, 6.07) is 9.63. The van der Waals surface area contributed by atoms with Gasteiger partial charge in [-0.3, -0.25) is 0 Å². The Morgan fingerprint density at radius 3 is 2.62 bits per heavy atom. The average Bonchev–Trinajstić information content (AvgIpc) is 2.40. The van der Waals surface area contributed by atoms with Crippen LogP contribution in [0.3, 0.4) is 0 Å². The van der Waals surface area contributed by atoms with E-state index in [0.717, 1.165) is 12.5 Å². The first-order chi connectivity index (χ1) is 9.90. The molecule has 1 aromatic rings. The van der Waals surface area contributed by atoms with Gasteiger partial charge in [0.15, 0.2) is 0 Å². The number of hydrogen-bond donors (Lipinski definition) is 1. The molecule has 1 saturated carbocycles. The maximum Gasteiger partial charge on any atom is 0.0251 e. The molecule has 1 aliphatic rings. The van der Waals surface area contributed by atoms with Crippen molar-refractivity contribution in [3.8, 4) is 0 Å². The van der Waals surface area contributed by atoms with Gasteiger partial charge in [-0.05, 0) is 56.2 Å². The molecule has 21 heavy (non-hydrogen) atoms. The molecule has 0 aromatic heterocycles. The van der Waals surface area contributed by atoms with Crippen molar-refractivity contribution in [2.45, 2.75) is 70.1 Å². The smallest absolute Gasteiger partial charge is 0.0251 e. The molecule has 0 radical (unpaired) electrons. The van der Waals surface area contributed by atoms with E-state index in [2.05, 4.69) is 76.0 Å². The Labute approximate surface area is 135 Å². The highest BCUT2D eigenvalue weighted by molar-refractivity contribution is 8.00. The van der Waals surface area contributed by atoms with E-state index in [0.29, 0.717) is 16.7 Å². The summed E-state index contributed by atoms with van der Waals surface area (Å²) in [5, 5.41) is 4.42. The molecule has 0 heterocycles. The lowest BCUT2D eigenvalue weighted by molar-refractivity contribution is 0.165. The van der Waals surface area contributed by atoms with E-state index in [1.165, 1.54) is 29.7 Å². The van der Waals surface area contributed by atoms with Crippen LogP contribution in [0, 0.1) is 18.3 Å². The lowest BCUT2D eigenvalue weighted by Crippen LogP contribution is -2.44. The van der Waals surface area contributed by atoms with Crippen molar-refractivity contribution in [3.05, 3.63) is 29.8 Å². The van der Waals surface area contributed by atoms with Crippen molar-refractivity contribution in [1.82, 2.24) is 5.32 Å². The lowest BCUT2D eigenvalue weighted by atomic mass is 9.71. The van der Waals surface area contributed by atoms with Crippen molar-refractivity contribution in [3.63, 3.8) is 0 Å². The molecule has 3 unspecified atom stereocenters. The second-order valence-electron chi connectivity index (χ2n) is 7.51. The van der Waals surface area contributed by atoms with E-state index < -0.39 is 0 Å². The second-order valence-corrected chi connectivity index (χ2v) is 8.83. The molecule has 3 atom stereocenters. The van der Waals surface area contributed by atoms with Crippen LogP contribution in [0.4, 0.5) is 0 Å². The topological polar surface area (TPSA) is 12.0 Å². The van der Waals surface area contributed by atoms with Gasteiger partial charge in [0.25, 0.3) is 0 Å². The fourth-order valence-electron chi connectivity index (χ4n) is 3.41. The molecule has 0 saturated heterocycles. The third-order valence-corrected chi connectivity index (χ3v) is 6.11. The number of hydrogen-bond acceptors (Lipinski definition) is 2. The minimum Gasteiger partial charge on any atom is -0.313 e. The summed E-state index contributed by atoms with van der Waals surface area (Å²) in [6.45, 7) is 12.7. The predicted molar refractivity (Wildman–Crippen MR) is 95.1 cm³/mol. The summed E-state index contributed by atoms with van der Waals surface area (Å²) in [7, 11) is 0. The van der Waals surface area contributed by atoms with Crippen LogP contribution in [0.1, 0.15) is 52.5 Å². The first kappa shape index (κ1) is 16.9. The number of aryl methyl sites for hydroxylation is 1. The molecule has 2 rings (SSSR count). The third-order valence-electron chi connectivity index (χ3n) is 4.76. The van der Waals surface area contributed by atoms with Gasteiger partial charge in [0.1, 0.15) is 0 Å². The van der Waals surface area contributed by atoms with Crippen LogP contribution in [0.2, 0.25) is 0 Å². The summed E-state index contributed by atoms with van der Waals surface area (Å²) in [6.07, 6.45) is 4.02. The average molecular weight is 306 g/mol. The SMILES string of the molecule is CCNC1CCC(C(C)(C)C)CC1Sc1cccc(C)c1. The Morgan fingerprint density at radius 1 is 1.24 bits per heavy atom. The maximum absolute atomic E-state index is 3.72. The Balaban J connectivity index is 2.10. The highest BCUT2D eigenvalue weighted by atomic mass is 32.2. The van der Waals surface area contributed by atoms with Crippen LogP contribution >= 0.6 is 11.8 Å². The van der Waals surface area contributed by atoms with Crippen LogP contribution in [-0.4, -0.2) is 17.8 Å². The summed E-state index contributed by atoms with van der Waals surface area (Å²) in [5.74, 6) is 0.842. The van der Waals surface area contributed by atoms with Crippen LogP contribution in [0.15, 0.2) is 29.2 Å². The normalized spacial score (nSPS) is 26.8. The maximum atomic E-state index is 3.72. The Morgan fingerprint density at radius 2 is 2.00 bits per heavy atom. The molecule has 1 fully saturated rings. The van der Waals surface area contributed by atoms with Crippen molar-refractivity contribution in [2.24, 2.45) is 11.3 Å². The zero-order valence-electron chi connectivity index (χ0n) is 14.3. The van der Waals surface area contributed by atoms with Gasteiger partial charge >= 0.3 is 0 Å². The first-order valence-electron chi connectivity index (χ1n) is 8.37. The molecule has 1 aliphatic carbocycles. The molecule has 1 N–H and O–H groups in total. The molecule has 0 aliphatic heterocycles. The Bertz CT molecular complexity index is 449. The van der Waals surface area contributed by atoms with Crippen LogP contribution < -0.4 is 5.32 Å². The summed E-state index contributed by atoms with van der Waals surface area (Å²) >= 11 is 2.08. The fraction of sp³-hybridized carbons (Fsp3) is 0.684. The third kappa shape index (κ3) is 4.75. The second kappa shape index (κ2) is 7.19. The molecule has 118 valence electrons. The molecule has 0 amide bonds. The van der Waals surface area contributed by atoms with Gasteiger partial charge in [-0.15, -0.1) is 11.8 Å². The van der Waals surface area contributed by atoms with E-state index in [4.69, 9.17) is 0 Å². The van der Waals surface area contributed by atoms with Crippen LogP contribution in [0.5, 0.6) is 0 Å². The molecule has 1 aromatic carbocycles. The standard InChI is InChI=1S/C19H31NS/c1-6-20-17-11-10-15(19(3,4)5)13-18(17)21-16-9-7-8-14(2)12-16/h7-9,12,15,17-18,20H,6,10-11,13H2,1-5H3. The minimum atomic E-state index is 0.433. The van der Waals surface area contributed by atoms with Gasteiger partial charge in [0, 0.05) is 16.2 Å². The summed E-state index contributed by atoms with van der Waals surface area (Å²) in [4.78, 5) is 1.43. The van der Waals surface area contributed by atoms with E-state index in [1.807, 2.05) is 0 Å². The zero-order chi connectivity index (χ0) is 15.5. The molecular weight excluding hydrogens is 274 g/mol. The van der Waals surface area contributed by atoms with Gasteiger partial charge in [-0.2, -0.15) is 0 Å². The number of rotatable bonds is 4. The quantitative estimate of drug-likeness (QED) is 0.812. The fourth-order valence-corrected chi connectivity index (χ4v) is 4.89. The molecular formula is C19H31NS. The van der Waals surface area contributed by atoms with Crippen molar-refractivity contribution in [1.29, 1.82) is 0 Å². The van der Waals surface area contributed by atoms with Gasteiger partial charge in [0.2, 0.25) is 0 Å². The molecule has 0 bridgehead atoms. The number of benzene rings is 1. The van der Waals surface area contributed by atoms with Crippen LogP contribution in [-0.2, 0) is 0 Å².